The molecule has 1 N–H and O–H groups in total. The highest BCUT2D eigenvalue weighted by molar-refractivity contribution is 5.41. The standard InChI is InChI=1S/C11H12N4/c1-9(11-8-13-5-6-14-11)15-10-3-2-4-12-7-10/h2-9,15H,1H3. The highest BCUT2D eigenvalue weighted by Crippen LogP contribution is 2.14. The van der Waals surface area contributed by atoms with Crippen molar-refractivity contribution in [2.45, 2.75) is 13.0 Å². The van der Waals surface area contributed by atoms with Crippen molar-refractivity contribution in [1.82, 2.24) is 15.0 Å². The lowest BCUT2D eigenvalue weighted by Crippen LogP contribution is -2.08. The molecule has 0 saturated carbocycles. The molecule has 0 radical (unpaired) electrons. The lowest BCUT2D eigenvalue weighted by molar-refractivity contribution is 0.826. The number of rotatable bonds is 3. The first-order valence-electron chi connectivity index (χ1n) is 4.79. The van der Waals surface area contributed by atoms with Crippen LogP contribution >= 0.6 is 0 Å². The predicted molar refractivity (Wildman–Crippen MR) is 58.3 cm³/mol. The van der Waals surface area contributed by atoms with Crippen LogP contribution in [0.25, 0.3) is 0 Å². The fraction of sp³-hybridized carbons (Fsp3) is 0.182. The van der Waals surface area contributed by atoms with Gasteiger partial charge >= 0.3 is 0 Å². The monoisotopic (exact) mass is 200 g/mol. The van der Waals surface area contributed by atoms with E-state index in [4.69, 9.17) is 0 Å². The van der Waals surface area contributed by atoms with Crippen LogP contribution in [0.1, 0.15) is 18.7 Å². The van der Waals surface area contributed by atoms with E-state index < -0.39 is 0 Å². The predicted octanol–water partition coefficient (Wildman–Crippen LogP) is 2.04. The molecule has 0 aliphatic heterocycles. The van der Waals surface area contributed by atoms with E-state index in [-0.39, 0.29) is 6.04 Å². The second kappa shape index (κ2) is 4.50. The van der Waals surface area contributed by atoms with Crippen LogP contribution in [0.2, 0.25) is 0 Å². The van der Waals surface area contributed by atoms with Gasteiger partial charge in [-0.05, 0) is 19.1 Å². The average Bonchev–Trinajstić information content (AvgIpc) is 2.31. The maximum atomic E-state index is 4.23. The molecule has 0 amide bonds. The van der Waals surface area contributed by atoms with Crippen molar-refractivity contribution in [3.8, 4) is 0 Å². The van der Waals surface area contributed by atoms with E-state index in [0.717, 1.165) is 11.4 Å². The molecule has 76 valence electrons. The zero-order valence-electron chi connectivity index (χ0n) is 8.46. The number of hydrogen-bond acceptors (Lipinski definition) is 4. The molecule has 0 aromatic carbocycles. The Balaban J connectivity index is 2.08. The number of pyridine rings is 1. The van der Waals surface area contributed by atoms with Gasteiger partial charge in [0.25, 0.3) is 0 Å². The fourth-order valence-electron chi connectivity index (χ4n) is 1.31. The third-order valence-electron chi connectivity index (χ3n) is 2.07. The van der Waals surface area contributed by atoms with Gasteiger partial charge in [0.15, 0.2) is 0 Å². The second-order valence-electron chi connectivity index (χ2n) is 3.24. The highest BCUT2D eigenvalue weighted by atomic mass is 15.0. The van der Waals surface area contributed by atoms with Gasteiger partial charge in [-0.15, -0.1) is 0 Å². The summed E-state index contributed by atoms with van der Waals surface area (Å²) in [4.78, 5) is 12.3. The molecule has 1 unspecified atom stereocenters. The van der Waals surface area contributed by atoms with Crippen LogP contribution in [0.15, 0.2) is 43.1 Å². The first-order chi connectivity index (χ1) is 7.36. The number of aromatic nitrogens is 3. The van der Waals surface area contributed by atoms with Crippen LogP contribution in [0.3, 0.4) is 0 Å². The van der Waals surface area contributed by atoms with Crippen molar-refractivity contribution in [2.24, 2.45) is 0 Å². The maximum absolute atomic E-state index is 4.23. The third-order valence-corrected chi connectivity index (χ3v) is 2.07. The summed E-state index contributed by atoms with van der Waals surface area (Å²) in [6, 6.07) is 3.99. The molecule has 0 fully saturated rings. The molecule has 2 heterocycles. The molecule has 0 saturated heterocycles. The summed E-state index contributed by atoms with van der Waals surface area (Å²) in [6.07, 6.45) is 8.65. The van der Waals surface area contributed by atoms with Crippen LogP contribution in [0, 0.1) is 0 Å². The highest BCUT2D eigenvalue weighted by Gasteiger charge is 2.05. The molecule has 2 rings (SSSR count). The molecule has 0 spiro atoms. The summed E-state index contributed by atoms with van der Waals surface area (Å²) in [5.74, 6) is 0. The van der Waals surface area contributed by atoms with Gasteiger partial charge < -0.3 is 5.32 Å². The molecule has 4 heteroatoms. The maximum Gasteiger partial charge on any atom is 0.0806 e. The zero-order valence-corrected chi connectivity index (χ0v) is 8.46. The number of nitrogens with zero attached hydrogens (tertiary/aromatic N) is 3. The number of anilines is 1. The minimum absolute atomic E-state index is 0.128. The molecular formula is C11H12N4. The van der Waals surface area contributed by atoms with Gasteiger partial charge in [0.05, 0.1) is 23.6 Å². The van der Waals surface area contributed by atoms with E-state index >= 15 is 0 Å². The molecule has 0 bridgehead atoms. The van der Waals surface area contributed by atoms with Crippen molar-refractivity contribution in [2.75, 3.05) is 5.32 Å². The molecule has 15 heavy (non-hydrogen) atoms. The van der Waals surface area contributed by atoms with Crippen LogP contribution < -0.4 is 5.32 Å². The first kappa shape index (κ1) is 9.58. The van der Waals surface area contributed by atoms with E-state index in [1.807, 2.05) is 19.1 Å². The van der Waals surface area contributed by atoms with E-state index in [1.165, 1.54) is 0 Å². The Morgan fingerprint density at radius 2 is 2.00 bits per heavy atom. The fourth-order valence-corrected chi connectivity index (χ4v) is 1.31. The Morgan fingerprint density at radius 1 is 1.13 bits per heavy atom. The molecule has 2 aromatic heterocycles. The van der Waals surface area contributed by atoms with Crippen molar-refractivity contribution < 1.29 is 0 Å². The van der Waals surface area contributed by atoms with Crippen LogP contribution in [0.5, 0.6) is 0 Å². The van der Waals surface area contributed by atoms with Gasteiger partial charge in [-0.2, -0.15) is 0 Å². The molecular weight excluding hydrogens is 188 g/mol. The third kappa shape index (κ3) is 2.49. The van der Waals surface area contributed by atoms with Crippen LogP contribution in [-0.2, 0) is 0 Å². The summed E-state index contributed by atoms with van der Waals surface area (Å²) >= 11 is 0. The van der Waals surface area contributed by atoms with Crippen molar-refractivity contribution >= 4 is 5.69 Å². The summed E-state index contributed by atoms with van der Waals surface area (Å²) in [6.45, 7) is 2.04. The quantitative estimate of drug-likeness (QED) is 0.823. The largest absolute Gasteiger partial charge is 0.376 e. The lowest BCUT2D eigenvalue weighted by Gasteiger charge is -2.13. The molecule has 1 atom stereocenters. The Morgan fingerprint density at radius 3 is 2.67 bits per heavy atom. The lowest BCUT2D eigenvalue weighted by atomic mass is 10.2. The van der Waals surface area contributed by atoms with Crippen LogP contribution in [0.4, 0.5) is 5.69 Å². The van der Waals surface area contributed by atoms with E-state index in [0.29, 0.717) is 0 Å². The smallest absolute Gasteiger partial charge is 0.0806 e. The van der Waals surface area contributed by atoms with E-state index in [9.17, 15) is 0 Å². The topological polar surface area (TPSA) is 50.7 Å². The summed E-state index contributed by atoms with van der Waals surface area (Å²) in [5.41, 5.74) is 1.90. The van der Waals surface area contributed by atoms with Gasteiger partial charge in [0.2, 0.25) is 0 Å². The molecule has 4 nitrogen and oxygen atoms in total. The van der Waals surface area contributed by atoms with Gasteiger partial charge in [-0.1, -0.05) is 0 Å². The number of nitrogens with one attached hydrogen (secondary N) is 1. The zero-order chi connectivity index (χ0) is 10.5. The van der Waals surface area contributed by atoms with Crippen LogP contribution in [-0.4, -0.2) is 15.0 Å². The Bertz CT molecular complexity index is 401. The van der Waals surface area contributed by atoms with E-state index in [1.54, 1.807) is 31.0 Å². The minimum Gasteiger partial charge on any atom is -0.376 e. The van der Waals surface area contributed by atoms with Gasteiger partial charge in [-0.25, -0.2) is 0 Å². The first-order valence-corrected chi connectivity index (χ1v) is 4.79. The van der Waals surface area contributed by atoms with Crippen molar-refractivity contribution in [3.05, 3.63) is 48.8 Å². The van der Waals surface area contributed by atoms with Gasteiger partial charge in [0.1, 0.15) is 0 Å². The van der Waals surface area contributed by atoms with Gasteiger partial charge in [-0.3, -0.25) is 15.0 Å². The van der Waals surface area contributed by atoms with Crippen molar-refractivity contribution in [1.29, 1.82) is 0 Å². The van der Waals surface area contributed by atoms with E-state index in [2.05, 4.69) is 20.3 Å². The molecule has 2 aromatic rings. The minimum atomic E-state index is 0.128. The molecule has 0 aliphatic carbocycles. The second-order valence-corrected chi connectivity index (χ2v) is 3.24. The summed E-state index contributed by atoms with van der Waals surface area (Å²) in [7, 11) is 0. The number of hydrogen-bond donors (Lipinski definition) is 1. The normalized spacial score (nSPS) is 12.1. The average molecular weight is 200 g/mol. The Hall–Kier alpha value is -1.97. The summed E-state index contributed by atoms with van der Waals surface area (Å²) in [5, 5.41) is 3.29. The Kier molecular flexibility index (Phi) is 2.88. The Labute approximate surface area is 88.4 Å². The molecule has 0 aliphatic rings. The van der Waals surface area contributed by atoms with Crippen molar-refractivity contribution in [3.63, 3.8) is 0 Å². The van der Waals surface area contributed by atoms with Gasteiger partial charge in [0, 0.05) is 24.8 Å². The SMILES string of the molecule is CC(Nc1cccnc1)c1cnccn1. The summed E-state index contributed by atoms with van der Waals surface area (Å²) < 4.78 is 0.